The lowest BCUT2D eigenvalue weighted by molar-refractivity contribution is 0.0949. The van der Waals surface area contributed by atoms with E-state index in [0.29, 0.717) is 6.54 Å². The van der Waals surface area contributed by atoms with Gasteiger partial charge in [-0.3, -0.25) is 9.78 Å². The maximum Gasteiger partial charge on any atom is 0.282 e. The summed E-state index contributed by atoms with van der Waals surface area (Å²) >= 11 is 1.06. The molecule has 0 aliphatic heterocycles. The third kappa shape index (κ3) is 2.80. The maximum atomic E-state index is 11.7. The van der Waals surface area contributed by atoms with E-state index in [1.54, 1.807) is 6.20 Å². The van der Waals surface area contributed by atoms with Crippen LogP contribution in [0.1, 0.15) is 28.0 Å². The molecule has 0 unspecified atom stereocenters. The summed E-state index contributed by atoms with van der Waals surface area (Å²) in [5, 5.41) is 10.6. The van der Waals surface area contributed by atoms with Crippen LogP contribution in [0.4, 0.5) is 5.13 Å². The number of hydrogen-bond donors (Lipinski definition) is 2. The Kier molecular flexibility index (Phi) is 3.83. The summed E-state index contributed by atoms with van der Waals surface area (Å²) in [5.41, 5.74) is 7.41. The first-order valence-corrected chi connectivity index (χ1v) is 6.32. The second-order valence-electron chi connectivity index (χ2n) is 3.59. The molecule has 0 aromatic carbocycles. The largest absolute Gasteiger partial charge is 0.374 e. The van der Waals surface area contributed by atoms with E-state index in [2.05, 4.69) is 20.5 Å². The molecule has 2 aromatic rings. The molecular formula is C11H13N5OS. The van der Waals surface area contributed by atoms with Gasteiger partial charge in [-0.05, 0) is 18.1 Å². The Morgan fingerprint density at radius 3 is 3.00 bits per heavy atom. The molecule has 0 saturated heterocycles. The molecule has 94 valence electrons. The lowest BCUT2D eigenvalue weighted by Crippen LogP contribution is -2.23. The fraction of sp³-hybridized carbons (Fsp3) is 0.273. The first-order valence-electron chi connectivity index (χ1n) is 5.50. The molecular weight excluding hydrogens is 250 g/mol. The van der Waals surface area contributed by atoms with Crippen LogP contribution in [0.15, 0.2) is 18.3 Å². The second-order valence-corrected chi connectivity index (χ2v) is 4.60. The van der Waals surface area contributed by atoms with Gasteiger partial charge in [0.1, 0.15) is 0 Å². The summed E-state index contributed by atoms with van der Waals surface area (Å²) in [6.45, 7) is 2.43. The minimum atomic E-state index is -0.281. The van der Waals surface area contributed by atoms with Gasteiger partial charge >= 0.3 is 0 Å². The number of nitrogens with one attached hydrogen (secondary N) is 1. The molecule has 0 aliphatic carbocycles. The van der Waals surface area contributed by atoms with Crippen molar-refractivity contribution in [2.45, 2.75) is 19.9 Å². The van der Waals surface area contributed by atoms with E-state index < -0.39 is 0 Å². The molecule has 1 amide bonds. The summed E-state index contributed by atoms with van der Waals surface area (Å²) in [4.78, 5) is 16.0. The third-order valence-corrected chi connectivity index (χ3v) is 3.17. The standard InChI is InChI=1S/C11H13N5OS/c1-2-7-4-3-5-13-8(7)6-14-9(17)10-15-16-11(12)18-10/h3-5H,2,6H2,1H3,(H2,12,16)(H,14,17). The molecule has 0 fully saturated rings. The third-order valence-electron chi connectivity index (χ3n) is 2.42. The molecule has 0 saturated carbocycles. The zero-order chi connectivity index (χ0) is 13.0. The minimum Gasteiger partial charge on any atom is -0.374 e. The van der Waals surface area contributed by atoms with Gasteiger partial charge in [-0.15, -0.1) is 10.2 Å². The van der Waals surface area contributed by atoms with E-state index in [9.17, 15) is 4.79 Å². The Labute approximate surface area is 108 Å². The number of nitrogens with zero attached hydrogens (tertiary/aromatic N) is 3. The van der Waals surface area contributed by atoms with E-state index in [0.717, 1.165) is 29.0 Å². The Morgan fingerprint density at radius 2 is 2.33 bits per heavy atom. The van der Waals surface area contributed by atoms with E-state index in [1.807, 2.05) is 19.1 Å². The number of amides is 1. The Bertz CT molecular complexity index is 554. The van der Waals surface area contributed by atoms with Crippen LogP contribution in [0.5, 0.6) is 0 Å². The van der Waals surface area contributed by atoms with Crippen molar-refractivity contribution in [1.82, 2.24) is 20.5 Å². The number of carbonyl (C=O) groups is 1. The molecule has 0 atom stereocenters. The van der Waals surface area contributed by atoms with E-state index in [-0.39, 0.29) is 16.0 Å². The van der Waals surface area contributed by atoms with Gasteiger partial charge < -0.3 is 11.1 Å². The van der Waals surface area contributed by atoms with E-state index in [1.165, 1.54) is 0 Å². The summed E-state index contributed by atoms with van der Waals surface area (Å²) in [6, 6.07) is 3.88. The topological polar surface area (TPSA) is 93.8 Å². The van der Waals surface area contributed by atoms with Crippen LogP contribution in [0.25, 0.3) is 0 Å². The lowest BCUT2D eigenvalue weighted by atomic mass is 10.1. The van der Waals surface area contributed by atoms with Crippen LogP contribution in [0, 0.1) is 0 Å². The molecule has 0 aliphatic rings. The summed E-state index contributed by atoms with van der Waals surface area (Å²) in [5.74, 6) is -0.281. The molecule has 2 heterocycles. The van der Waals surface area contributed by atoms with Gasteiger partial charge in [-0.2, -0.15) is 0 Å². The van der Waals surface area contributed by atoms with Crippen LogP contribution in [-0.4, -0.2) is 21.1 Å². The van der Waals surface area contributed by atoms with Gasteiger partial charge in [0.25, 0.3) is 5.91 Å². The average molecular weight is 263 g/mol. The molecule has 0 radical (unpaired) electrons. The highest BCUT2D eigenvalue weighted by Gasteiger charge is 2.12. The fourth-order valence-electron chi connectivity index (χ4n) is 1.52. The number of rotatable bonds is 4. The van der Waals surface area contributed by atoms with E-state index >= 15 is 0 Å². The van der Waals surface area contributed by atoms with Crippen LogP contribution in [0.3, 0.4) is 0 Å². The van der Waals surface area contributed by atoms with Gasteiger partial charge in [0.2, 0.25) is 10.1 Å². The summed E-state index contributed by atoms with van der Waals surface area (Å²) in [7, 11) is 0. The number of hydrogen-bond acceptors (Lipinski definition) is 6. The molecule has 3 N–H and O–H groups in total. The Balaban J connectivity index is 2.01. The van der Waals surface area contributed by atoms with Crippen molar-refractivity contribution in [3.8, 4) is 0 Å². The molecule has 0 spiro atoms. The normalized spacial score (nSPS) is 10.3. The van der Waals surface area contributed by atoms with Crippen LogP contribution in [0.2, 0.25) is 0 Å². The van der Waals surface area contributed by atoms with Crippen molar-refractivity contribution in [3.05, 3.63) is 34.6 Å². The van der Waals surface area contributed by atoms with Crippen molar-refractivity contribution in [2.75, 3.05) is 5.73 Å². The molecule has 2 rings (SSSR count). The number of aryl methyl sites for hydroxylation is 1. The van der Waals surface area contributed by atoms with Gasteiger partial charge in [0.05, 0.1) is 12.2 Å². The summed E-state index contributed by atoms with van der Waals surface area (Å²) < 4.78 is 0. The van der Waals surface area contributed by atoms with E-state index in [4.69, 9.17) is 5.73 Å². The number of anilines is 1. The second kappa shape index (κ2) is 5.54. The Morgan fingerprint density at radius 1 is 1.50 bits per heavy atom. The number of aromatic nitrogens is 3. The molecule has 18 heavy (non-hydrogen) atoms. The fourth-order valence-corrected chi connectivity index (χ4v) is 2.04. The predicted molar refractivity (Wildman–Crippen MR) is 69.1 cm³/mol. The zero-order valence-electron chi connectivity index (χ0n) is 9.88. The first-order chi connectivity index (χ1) is 8.70. The molecule has 0 bridgehead atoms. The number of pyridine rings is 1. The minimum absolute atomic E-state index is 0.265. The monoisotopic (exact) mass is 263 g/mol. The average Bonchev–Trinajstić information content (AvgIpc) is 2.83. The molecule has 2 aromatic heterocycles. The number of nitrogen functional groups attached to an aromatic ring is 1. The van der Waals surface area contributed by atoms with Gasteiger partial charge in [0, 0.05) is 6.20 Å². The summed E-state index contributed by atoms with van der Waals surface area (Å²) in [6.07, 6.45) is 2.59. The molecule has 7 heteroatoms. The number of carbonyl (C=O) groups excluding carboxylic acids is 1. The lowest BCUT2D eigenvalue weighted by Gasteiger charge is -2.06. The quantitative estimate of drug-likeness (QED) is 0.858. The highest BCUT2D eigenvalue weighted by Crippen LogP contribution is 2.11. The van der Waals surface area contributed by atoms with Gasteiger partial charge in [0.15, 0.2) is 0 Å². The predicted octanol–water partition coefficient (Wildman–Crippen LogP) is 1.01. The van der Waals surface area contributed by atoms with Gasteiger partial charge in [-0.1, -0.05) is 24.3 Å². The van der Waals surface area contributed by atoms with Crippen molar-refractivity contribution in [2.24, 2.45) is 0 Å². The number of nitrogens with two attached hydrogens (primary N) is 1. The maximum absolute atomic E-state index is 11.7. The first kappa shape index (κ1) is 12.4. The van der Waals surface area contributed by atoms with Crippen LogP contribution in [-0.2, 0) is 13.0 Å². The van der Waals surface area contributed by atoms with Crippen molar-refractivity contribution >= 4 is 22.4 Å². The zero-order valence-corrected chi connectivity index (χ0v) is 10.7. The van der Waals surface area contributed by atoms with Crippen molar-refractivity contribution < 1.29 is 4.79 Å². The van der Waals surface area contributed by atoms with Crippen molar-refractivity contribution in [1.29, 1.82) is 0 Å². The van der Waals surface area contributed by atoms with Crippen molar-refractivity contribution in [3.63, 3.8) is 0 Å². The highest BCUT2D eigenvalue weighted by molar-refractivity contribution is 7.16. The SMILES string of the molecule is CCc1cccnc1CNC(=O)c1nnc(N)s1. The van der Waals surface area contributed by atoms with Gasteiger partial charge in [-0.25, -0.2) is 0 Å². The Hall–Kier alpha value is -2.02. The van der Waals surface area contributed by atoms with Crippen LogP contribution >= 0.6 is 11.3 Å². The molecule has 6 nitrogen and oxygen atoms in total. The van der Waals surface area contributed by atoms with Crippen LogP contribution < -0.4 is 11.1 Å². The highest BCUT2D eigenvalue weighted by atomic mass is 32.1. The smallest absolute Gasteiger partial charge is 0.282 e.